The fourth-order valence-corrected chi connectivity index (χ4v) is 4.18. The third-order valence-electron chi connectivity index (χ3n) is 5.71. The summed E-state index contributed by atoms with van der Waals surface area (Å²) in [4.78, 5) is 10.5. The molecule has 0 aliphatic heterocycles. The number of aliphatic hydroxyl groups is 2. The van der Waals surface area contributed by atoms with Crippen LogP contribution in [-0.4, -0.2) is 33.5 Å². The second-order valence-electron chi connectivity index (χ2n) is 8.04. The molecule has 1 fully saturated rings. The summed E-state index contributed by atoms with van der Waals surface area (Å²) in [6.07, 6.45) is 12.9. The number of hydrogen-bond donors (Lipinski definition) is 3. The fourth-order valence-electron chi connectivity index (χ4n) is 3.93. The monoisotopic (exact) mass is 464 g/mol. The molecule has 5 heteroatoms. The van der Waals surface area contributed by atoms with Gasteiger partial charge in [-0.15, -0.1) is 0 Å². The van der Waals surface area contributed by atoms with Crippen LogP contribution in [0.25, 0.3) is 0 Å². The van der Waals surface area contributed by atoms with Gasteiger partial charge >= 0.3 is 5.97 Å². The number of carboxylic acids is 1. The summed E-state index contributed by atoms with van der Waals surface area (Å²) in [7, 11) is 0. The fraction of sp³-hybridized carbons (Fsp3) is 0.542. The Labute approximate surface area is 182 Å². The molecular formula is C24H33BrO4. The van der Waals surface area contributed by atoms with Gasteiger partial charge in [-0.1, -0.05) is 52.4 Å². The molecule has 0 amide bonds. The minimum absolute atomic E-state index is 0.170. The standard InChI is InChI=1S/C24H33BrO4/c1-17-16-18(9-14-22(17)25)8-12-20(26)13-10-19-11-15-23(27)21(19)6-4-2-3-5-7-24(28)29/h2,4,9-10,13-14,16,19-21,23,26-27H,3,5-8,11-12,15H2,1H3,(H,28,29)/b4-2-,13-10+/t19-,20-,21+,23?/m0/s1. The molecule has 0 saturated heterocycles. The first kappa shape index (κ1) is 23.8. The number of hydrogen-bond acceptors (Lipinski definition) is 3. The van der Waals surface area contributed by atoms with Crippen molar-refractivity contribution in [3.05, 3.63) is 58.1 Å². The number of carbonyl (C=O) groups is 1. The SMILES string of the molecule is Cc1cc(CC[C@H](O)/C=C/[C@H]2CCC(O)[C@@H]2C/C=C\CCCC(=O)O)ccc1Br. The van der Waals surface area contributed by atoms with Gasteiger partial charge in [0.15, 0.2) is 0 Å². The van der Waals surface area contributed by atoms with Crippen molar-refractivity contribution in [2.24, 2.45) is 11.8 Å². The van der Waals surface area contributed by atoms with Crippen molar-refractivity contribution in [1.29, 1.82) is 0 Å². The van der Waals surface area contributed by atoms with Crippen molar-refractivity contribution in [3.63, 3.8) is 0 Å². The number of halogens is 1. The Kier molecular flexibility index (Phi) is 10.1. The summed E-state index contributed by atoms with van der Waals surface area (Å²) in [6.45, 7) is 2.07. The zero-order valence-corrected chi connectivity index (χ0v) is 18.7. The summed E-state index contributed by atoms with van der Waals surface area (Å²) < 4.78 is 1.10. The lowest BCUT2D eigenvalue weighted by atomic mass is 9.90. The third-order valence-corrected chi connectivity index (χ3v) is 6.60. The zero-order chi connectivity index (χ0) is 21.2. The molecule has 1 aliphatic carbocycles. The lowest BCUT2D eigenvalue weighted by Crippen LogP contribution is -2.17. The molecule has 1 aromatic rings. The summed E-state index contributed by atoms with van der Waals surface area (Å²) in [5.74, 6) is -0.315. The Hall–Kier alpha value is -1.43. The molecule has 0 aromatic heterocycles. The topological polar surface area (TPSA) is 77.8 Å². The quantitative estimate of drug-likeness (QED) is 0.310. The number of rotatable bonds is 11. The van der Waals surface area contributed by atoms with Crippen LogP contribution in [0.1, 0.15) is 56.1 Å². The minimum atomic E-state index is -0.761. The molecule has 0 radical (unpaired) electrons. The van der Waals surface area contributed by atoms with E-state index in [1.807, 2.05) is 18.2 Å². The van der Waals surface area contributed by atoms with Crippen LogP contribution in [0.15, 0.2) is 47.0 Å². The summed E-state index contributed by atoms with van der Waals surface area (Å²) >= 11 is 3.51. The minimum Gasteiger partial charge on any atom is -0.481 e. The molecule has 2 rings (SSSR count). The van der Waals surface area contributed by atoms with E-state index in [-0.39, 0.29) is 24.4 Å². The van der Waals surface area contributed by atoms with Crippen LogP contribution in [0, 0.1) is 18.8 Å². The van der Waals surface area contributed by atoms with Crippen LogP contribution in [0.4, 0.5) is 0 Å². The van der Waals surface area contributed by atoms with Gasteiger partial charge in [0.1, 0.15) is 0 Å². The molecule has 0 heterocycles. The van der Waals surface area contributed by atoms with E-state index in [0.29, 0.717) is 12.8 Å². The van der Waals surface area contributed by atoms with E-state index in [9.17, 15) is 15.0 Å². The maximum Gasteiger partial charge on any atom is 0.303 e. The van der Waals surface area contributed by atoms with Gasteiger partial charge in [-0.25, -0.2) is 0 Å². The Morgan fingerprint density at radius 1 is 1.31 bits per heavy atom. The van der Waals surface area contributed by atoms with Crippen molar-refractivity contribution < 1.29 is 20.1 Å². The van der Waals surface area contributed by atoms with E-state index >= 15 is 0 Å². The van der Waals surface area contributed by atoms with Gasteiger partial charge in [-0.3, -0.25) is 4.79 Å². The van der Waals surface area contributed by atoms with Gasteiger partial charge in [0.25, 0.3) is 0 Å². The normalized spacial score (nSPS) is 23.2. The lowest BCUT2D eigenvalue weighted by Gasteiger charge is -2.18. The second-order valence-corrected chi connectivity index (χ2v) is 8.89. The average Bonchev–Trinajstić information content (AvgIpc) is 3.03. The van der Waals surface area contributed by atoms with E-state index < -0.39 is 12.1 Å². The number of benzene rings is 1. The van der Waals surface area contributed by atoms with Crippen molar-refractivity contribution in [2.75, 3.05) is 0 Å². The van der Waals surface area contributed by atoms with Gasteiger partial charge in [-0.05, 0) is 80.9 Å². The summed E-state index contributed by atoms with van der Waals surface area (Å²) in [6, 6.07) is 6.28. The average molecular weight is 465 g/mol. The smallest absolute Gasteiger partial charge is 0.303 e. The Bertz CT molecular complexity index is 713. The second kappa shape index (κ2) is 12.3. The predicted molar refractivity (Wildman–Crippen MR) is 120 cm³/mol. The molecule has 0 bridgehead atoms. The highest BCUT2D eigenvalue weighted by Crippen LogP contribution is 2.36. The van der Waals surface area contributed by atoms with Crippen LogP contribution < -0.4 is 0 Å². The molecule has 0 spiro atoms. The van der Waals surface area contributed by atoms with E-state index in [1.54, 1.807) is 0 Å². The van der Waals surface area contributed by atoms with Crippen LogP contribution >= 0.6 is 15.9 Å². The predicted octanol–water partition coefficient (Wildman–Crippen LogP) is 5.20. The molecule has 4 atom stereocenters. The number of aryl methyl sites for hydroxylation is 2. The molecule has 1 saturated carbocycles. The largest absolute Gasteiger partial charge is 0.481 e. The number of allylic oxidation sites excluding steroid dienone is 3. The van der Waals surface area contributed by atoms with E-state index in [2.05, 4.69) is 47.1 Å². The summed E-state index contributed by atoms with van der Waals surface area (Å²) in [5.41, 5.74) is 2.42. The van der Waals surface area contributed by atoms with E-state index in [0.717, 1.165) is 36.6 Å². The van der Waals surface area contributed by atoms with Gasteiger partial charge in [0, 0.05) is 10.9 Å². The van der Waals surface area contributed by atoms with Crippen LogP contribution in [0.5, 0.6) is 0 Å². The Morgan fingerprint density at radius 2 is 2.10 bits per heavy atom. The first-order chi connectivity index (χ1) is 13.9. The first-order valence-electron chi connectivity index (χ1n) is 10.5. The van der Waals surface area contributed by atoms with Crippen LogP contribution in [0.2, 0.25) is 0 Å². The van der Waals surface area contributed by atoms with E-state index in [1.165, 1.54) is 11.1 Å². The Balaban J connectivity index is 1.78. The maximum atomic E-state index is 10.5. The molecule has 1 unspecified atom stereocenters. The van der Waals surface area contributed by atoms with Crippen molar-refractivity contribution in [2.45, 2.75) is 70.5 Å². The molecule has 1 aromatic carbocycles. The maximum absolute atomic E-state index is 10.5. The van der Waals surface area contributed by atoms with Crippen molar-refractivity contribution >= 4 is 21.9 Å². The zero-order valence-electron chi connectivity index (χ0n) is 17.1. The third kappa shape index (κ3) is 8.45. The lowest BCUT2D eigenvalue weighted by molar-refractivity contribution is -0.137. The van der Waals surface area contributed by atoms with Crippen LogP contribution in [-0.2, 0) is 11.2 Å². The number of unbranched alkanes of at least 4 members (excludes halogenated alkanes) is 1. The van der Waals surface area contributed by atoms with Crippen LogP contribution in [0.3, 0.4) is 0 Å². The van der Waals surface area contributed by atoms with Gasteiger partial charge in [0.05, 0.1) is 12.2 Å². The molecule has 4 nitrogen and oxygen atoms in total. The summed E-state index contributed by atoms with van der Waals surface area (Å²) in [5, 5.41) is 29.3. The first-order valence-corrected chi connectivity index (χ1v) is 11.3. The van der Waals surface area contributed by atoms with Crippen molar-refractivity contribution in [1.82, 2.24) is 0 Å². The van der Waals surface area contributed by atoms with Crippen molar-refractivity contribution in [3.8, 4) is 0 Å². The number of aliphatic hydroxyl groups excluding tert-OH is 2. The highest BCUT2D eigenvalue weighted by molar-refractivity contribution is 9.10. The van der Waals surface area contributed by atoms with E-state index in [4.69, 9.17) is 5.11 Å². The number of carboxylic acid groups (broad SMARTS) is 1. The molecular weight excluding hydrogens is 432 g/mol. The molecule has 29 heavy (non-hydrogen) atoms. The van der Waals surface area contributed by atoms with Gasteiger partial charge in [-0.2, -0.15) is 0 Å². The highest BCUT2D eigenvalue weighted by Gasteiger charge is 2.32. The molecule has 1 aliphatic rings. The van der Waals surface area contributed by atoms with Gasteiger partial charge in [0.2, 0.25) is 0 Å². The van der Waals surface area contributed by atoms with Gasteiger partial charge < -0.3 is 15.3 Å². The number of aliphatic carboxylic acids is 1. The molecule has 3 N–H and O–H groups in total. The highest BCUT2D eigenvalue weighted by atomic mass is 79.9. The molecule has 160 valence electrons. The Morgan fingerprint density at radius 3 is 2.83 bits per heavy atom.